The van der Waals surface area contributed by atoms with Crippen LogP contribution in [0.15, 0.2) is 53.4 Å². The molecule has 8 heteroatoms. The van der Waals surface area contributed by atoms with E-state index in [1.807, 2.05) is 0 Å². The lowest BCUT2D eigenvalue weighted by atomic mass is 10.1. The second kappa shape index (κ2) is 6.97. The second-order valence-electron chi connectivity index (χ2n) is 5.91. The highest BCUT2D eigenvalue weighted by molar-refractivity contribution is 7.86. The van der Waals surface area contributed by atoms with Crippen LogP contribution in [0, 0.1) is 6.92 Å². The standard InChI is InChI=1S/C18H16FNO5S/c1-12-6-8-14(9-7-12)26(23,24)25-13(10-19)11-20-17(21)15-4-2-3-5-16(15)18(20)22/h2-9,13H,10-11H2,1H3/t13-/m0/s1. The first-order valence-corrected chi connectivity index (χ1v) is 9.25. The predicted octanol–water partition coefficient (Wildman–Crippen LogP) is 2.33. The molecule has 6 nitrogen and oxygen atoms in total. The van der Waals surface area contributed by atoms with Gasteiger partial charge in [-0.2, -0.15) is 8.42 Å². The molecule has 0 aliphatic carbocycles. The summed E-state index contributed by atoms with van der Waals surface area (Å²) in [6.45, 7) is 0.135. The number of carbonyl (C=O) groups excluding carboxylic acids is 2. The number of amides is 2. The highest BCUT2D eigenvalue weighted by atomic mass is 32.2. The minimum Gasteiger partial charge on any atom is -0.272 e. The third kappa shape index (κ3) is 3.38. The van der Waals surface area contributed by atoms with Gasteiger partial charge in [-0.3, -0.25) is 18.7 Å². The molecule has 1 atom stereocenters. The van der Waals surface area contributed by atoms with E-state index in [9.17, 15) is 22.4 Å². The van der Waals surface area contributed by atoms with E-state index in [0.29, 0.717) is 0 Å². The number of benzene rings is 2. The van der Waals surface area contributed by atoms with Gasteiger partial charge in [0.2, 0.25) is 0 Å². The van der Waals surface area contributed by atoms with Crippen molar-refractivity contribution >= 4 is 21.9 Å². The fraction of sp³-hybridized carbons (Fsp3) is 0.222. The summed E-state index contributed by atoms with van der Waals surface area (Å²) < 4.78 is 42.9. The number of aryl methyl sites for hydroxylation is 1. The van der Waals surface area contributed by atoms with Gasteiger partial charge < -0.3 is 0 Å². The molecule has 0 spiro atoms. The Morgan fingerprint density at radius 1 is 1.00 bits per heavy atom. The molecule has 1 heterocycles. The maximum Gasteiger partial charge on any atom is 0.297 e. The molecule has 0 radical (unpaired) electrons. The van der Waals surface area contributed by atoms with Crippen molar-refractivity contribution in [3.05, 3.63) is 65.2 Å². The first-order chi connectivity index (χ1) is 12.3. The summed E-state index contributed by atoms with van der Waals surface area (Å²) in [4.78, 5) is 25.3. The molecule has 2 amide bonds. The molecule has 26 heavy (non-hydrogen) atoms. The maximum atomic E-state index is 13.4. The number of nitrogens with zero attached hydrogens (tertiary/aromatic N) is 1. The SMILES string of the molecule is Cc1ccc(S(=O)(=O)O[C@@H](CF)CN2C(=O)c3ccccc3C2=O)cc1. The first-order valence-electron chi connectivity index (χ1n) is 7.84. The number of fused-ring (bicyclic) bond motifs is 1. The zero-order valence-corrected chi connectivity index (χ0v) is 14.7. The van der Waals surface area contributed by atoms with Crippen LogP contribution >= 0.6 is 0 Å². The summed E-state index contributed by atoms with van der Waals surface area (Å²) in [5, 5.41) is 0. The fourth-order valence-corrected chi connectivity index (χ4v) is 3.70. The maximum absolute atomic E-state index is 13.4. The van der Waals surface area contributed by atoms with Crippen LogP contribution in [-0.2, 0) is 14.3 Å². The molecule has 136 valence electrons. The van der Waals surface area contributed by atoms with Crippen LogP contribution in [-0.4, -0.2) is 44.5 Å². The number of rotatable bonds is 6. The molecule has 2 aromatic carbocycles. The van der Waals surface area contributed by atoms with Crippen LogP contribution in [0.2, 0.25) is 0 Å². The van der Waals surface area contributed by atoms with Gasteiger partial charge in [-0.15, -0.1) is 0 Å². The highest BCUT2D eigenvalue weighted by Gasteiger charge is 2.37. The van der Waals surface area contributed by atoms with Crippen LogP contribution in [0.3, 0.4) is 0 Å². The van der Waals surface area contributed by atoms with Gasteiger partial charge >= 0.3 is 0 Å². The number of halogens is 1. The third-order valence-electron chi connectivity index (χ3n) is 4.01. The number of alkyl halides is 1. The van der Waals surface area contributed by atoms with E-state index in [1.165, 1.54) is 24.3 Å². The van der Waals surface area contributed by atoms with Crippen molar-refractivity contribution in [3.8, 4) is 0 Å². The van der Waals surface area contributed by atoms with Crippen molar-refractivity contribution in [2.75, 3.05) is 13.2 Å². The molecular formula is C18H16FNO5S. The fourth-order valence-electron chi connectivity index (χ4n) is 2.65. The number of hydrogen-bond donors (Lipinski definition) is 0. The lowest BCUT2D eigenvalue weighted by Gasteiger charge is -2.20. The average Bonchev–Trinajstić information content (AvgIpc) is 2.86. The molecule has 2 aromatic rings. The lowest BCUT2D eigenvalue weighted by Crippen LogP contribution is -2.39. The first kappa shape index (κ1) is 18.2. The summed E-state index contributed by atoms with van der Waals surface area (Å²) in [7, 11) is -4.22. The van der Waals surface area contributed by atoms with E-state index in [1.54, 1.807) is 31.2 Å². The van der Waals surface area contributed by atoms with E-state index in [2.05, 4.69) is 0 Å². The van der Waals surface area contributed by atoms with E-state index in [4.69, 9.17) is 4.18 Å². The molecule has 3 rings (SSSR count). The van der Waals surface area contributed by atoms with Crippen LogP contribution < -0.4 is 0 Å². The van der Waals surface area contributed by atoms with Crippen LogP contribution in [0.25, 0.3) is 0 Å². The molecule has 0 N–H and O–H groups in total. The minimum absolute atomic E-state index is 0.121. The van der Waals surface area contributed by atoms with E-state index < -0.39 is 41.3 Å². The smallest absolute Gasteiger partial charge is 0.272 e. The summed E-state index contributed by atoms with van der Waals surface area (Å²) in [5.74, 6) is -1.19. The Kier molecular flexibility index (Phi) is 4.88. The normalized spacial score (nSPS) is 15.2. The predicted molar refractivity (Wildman–Crippen MR) is 91.0 cm³/mol. The van der Waals surface area contributed by atoms with Gasteiger partial charge in [0.15, 0.2) is 0 Å². The summed E-state index contributed by atoms with van der Waals surface area (Å²) in [6.07, 6.45) is -1.48. The largest absolute Gasteiger partial charge is 0.297 e. The van der Waals surface area contributed by atoms with Gasteiger partial charge in [0.1, 0.15) is 12.8 Å². The van der Waals surface area contributed by atoms with Gasteiger partial charge in [-0.1, -0.05) is 29.8 Å². The molecule has 1 aliphatic heterocycles. The highest BCUT2D eigenvalue weighted by Crippen LogP contribution is 2.24. The van der Waals surface area contributed by atoms with Crippen LogP contribution in [0.1, 0.15) is 26.3 Å². The lowest BCUT2D eigenvalue weighted by molar-refractivity contribution is 0.0552. The minimum atomic E-state index is -4.22. The van der Waals surface area contributed by atoms with Crippen molar-refractivity contribution < 1.29 is 26.6 Å². The summed E-state index contributed by atoms with van der Waals surface area (Å²) >= 11 is 0. The zero-order chi connectivity index (χ0) is 18.9. The van der Waals surface area contributed by atoms with E-state index in [0.717, 1.165) is 10.5 Å². The van der Waals surface area contributed by atoms with Crippen molar-refractivity contribution in [2.24, 2.45) is 0 Å². The molecule has 1 aliphatic rings. The van der Waals surface area contributed by atoms with Crippen LogP contribution in [0.5, 0.6) is 0 Å². The average molecular weight is 377 g/mol. The molecule has 0 saturated heterocycles. The Bertz CT molecular complexity index is 921. The van der Waals surface area contributed by atoms with Crippen LogP contribution in [0.4, 0.5) is 4.39 Å². The van der Waals surface area contributed by atoms with Crippen molar-refractivity contribution in [1.82, 2.24) is 4.90 Å². The number of hydrogen-bond acceptors (Lipinski definition) is 5. The Hall–Kier alpha value is -2.58. The van der Waals surface area contributed by atoms with Crippen molar-refractivity contribution in [2.45, 2.75) is 17.9 Å². The van der Waals surface area contributed by atoms with Crippen molar-refractivity contribution in [3.63, 3.8) is 0 Å². The molecular weight excluding hydrogens is 361 g/mol. The summed E-state index contributed by atoms with van der Waals surface area (Å²) in [5.41, 5.74) is 1.27. The van der Waals surface area contributed by atoms with Gasteiger partial charge in [0.05, 0.1) is 22.6 Å². The monoisotopic (exact) mass is 377 g/mol. The Labute approximate surface area is 150 Å². The molecule has 0 saturated carbocycles. The number of carbonyl (C=O) groups is 2. The topological polar surface area (TPSA) is 80.8 Å². The van der Waals surface area contributed by atoms with Gasteiger partial charge in [0, 0.05) is 0 Å². The Morgan fingerprint density at radius 3 is 2.04 bits per heavy atom. The second-order valence-corrected chi connectivity index (χ2v) is 7.48. The quantitative estimate of drug-likeness (QED) is 0.570. The van der Waals surface area contributed by atoms with E-state index in [-0.39, 0.29) is 16.0 Å². The summed E-state index contributed by atoms with van der Waals surface area (Å²) in [6, 6.07) is 12.1. The molecule has 0 fully saturated rings. The van der Waals surface area contributed by atoms with Gasteiger partial charge in [-0.25, -0.2) is 4.39 Å². The molecule has 0 unspecified atom stereocenters. The zero-order valence-electron chi connectivity index (χ0n) is 13.9. The number of imide groups is 1. The Balaban J connectivity index is 1.77. The third-order valence-corrected chi connectivity index (χ3v) is 5.38. The van der Waals surface area contributed by atoms with Gasteiger partial charge in [0.25, 0.3) is 21.9 Å². The van der Waals surface area contributed by atoms with Gasteiger partial charge in [-0.05, 0) is 31.2 Å². The Morgan fingerprint density at radius 2 is 1.54 bits per heavy atom. The van der Waals surface area contributed by atoms with Crippen molar-refractivity contribution in [1.29, 1.82) is 0 Å². The molecule has 0 bridgehead atoms. The van der Waals surface area contributed by atoms with E-state index >= 15 is 0 Å². The molecule has 0 aromatic heterocycles.